The molecule has 110 valence electrons. The van der Waals surface area contributed by atoms with Gasteiger partial charge in [0.05, 0.1) is 5.56 Å². The molecule has 2 heterocycles. The maximum absolute atomic E-state index is 11.9. The standard InChI is InChI=1S/C14H20N2O3S/c1-2-15-7-4-6-13(17)16(15)8-3-5-12-9-11(10-20-12)14(18)19/h9-10H,2-8H2,1H3,(H,18,19). The van der Waals surface area contributed by atoms with E-state index in [0.29, 0.717) is 18.5 Å². The van der Waals surface area contributed by atoms with Crippen LogP contribution in [0.5, 0.6) is 0 Å². The zero-order valence-corrected chi connectivity index (χ0v) is 12.5. The summed E-state index contributed by atoms with van der Waals surface area (Å²) in [4.78, 5) is 23.8. The Bertz CT molecular complexity index is 487. The van der Waals surface area contributed by atoms with Crippen LogP contribution in [-0.4, -0.2) is 46.6 Å². The van der Waals surface area contributed by atoms with Crippen LogP contribution in [0.1, 0.15) is 41.4 Å². The summed E-state index contributed by atoms with van der Waals surface area (Å²) in [5.74, 6) is -0.675. The molecule has 0 saturated carbocycles. The molecule has 5 nitrogen and oxygen atoms in total. The molecule has 1 aromatic heterocycles. The van der Waals surface area contributed by atoms with Gasteiger partial charge in [0, 0.05) is 36.3 Å². The number of amides is 1. The Kier molecular flexibility index (Phi) is 5.14. The van der Waals surface area contributed by atoms with Crippen LogP contribution < -0.4 is 0 Å². The first-order valence-electron chi connectivity index (χ1n) is 6.97. The third kappa shape index (κ3) is 3.58. The fraction of sp³-hybridized carbons (Fsp3) is 0.571. The van der Waals surface area contributed by atoms with Crippen LogP contribution in [-0.2, 0) is 11.2 Å². The van der Waals surface area contributed by atoms with Crippen molar-refractivity contribution in [2.24, 2.45) is 0 Å². The van der Waals surface area contributed by atoms with Crippen molar-refractivity contribution in [3.8, 4) is 0 Å². The largest absolute Gasteiger partial charge is 0.478 e. The van der Waals surface area contributed by atoms with Crippen LogP contribution >= 0.6 is 11.3 Å². The summed E-state index contributed by atoms with van der Waals surface area (Å²) in [7, 11) is 0. The number of rotatable bonds is 6. The predicted octanol–water partition coefficient (Wildman–Crippen LogP) is 2.24. The lowest BCUT2D eigenvalue weighted by Gasteiger charge is -2.37. The van der Waals surface area contributed by atoms with Gasteiger partial charge in [0.15, 0.2) is 0 Å². The first kappa shape index (κ1) is 15.0. The van der Waals surface area contributed by atoms with Crippen molar-refractivity contribution in [1.82, 2.24) is 10.0 Å². The number of nitrogens with zero attached hydrogens (tertiary/aromatic N) is 2. The molecule has 0 aromatic carbocycles. The van der Waals surface area contributed by atoms with E-state index in [-0.39, 0.29) is 5.91 Å². The van der Waals surface area contributed by atoms with E-state index in [0.717, 1.165) is 37.2 Å². The Morgan fingerprint density at radius 2 is 2.30 bits per heavy atom. The zero-order valence-electron chi connectivity index (χ0n) is 11.7. The number of carboxylic acids is 1. The van der Waals surface area contributed by atoms with Crippen LogP contribution in [0.2, 0.25) is 0 Å². The van der Waals surface area contributed by atoms with E-state index in [1.54, 1.807) is 11.4 Å². The van der Waals surface area contributed by atoms with E-state index >= 15 is 0 Å². The van der Waals surface area contributed by atoms with Crippen LogP contribution in [0.3, 0.4) is 0 Å². The van der Waals surface area contributed by atoms with Crippen LogP contribution in [0.4, 0.5) is 0 Å². The highest BCUT2D eigenvalue weighted by Crippen LogP contribution is 2.18. The van der Waals surface area contributed by atoms with Gasteiger partial charge < -0.3 is 5.11 Å². The second kappa shape index (κ2) is 6.85. The molecule has 2 rings (SSSR count). The quantitative estimate of drug-likeness (QED) is 0.874. The minimum atomic E-state index is -0.879. The summed E-state index contributed by atoms with van der Waals surface area (Å²) in [5.41, 5.74) is 0.356. The lowest BCUT2D eigenvalue weighted by atomic mass is 10.2. The normalized spacial score (nSPS) is 16.6. The second-order valence-corrected chi connectivity index (χ2v) is 5.87. The van der Waals surface area contributed by atoms with Gasteiger partial charge in [-0.05, 0) is 25.3 Å². The second-order valence-electron chi connectivity index (χ2n) is 4.88. The van der Waals surface area contributed by atoms with Gasteiger partial charge in [-0.2, -0.15) is 0 Å². The highest BCUT2D eigenvalue weighted by Gasteiger charge is 2.24. The molecule has 0 spiro atoms. The van der Waals surface area contributed by atoms with Gasteiger partial charge in [0.1, 0.15) is 0 Å². The molecule has 0 atom stereocenters. The molecule has 1 amide bonds. The first-order chi connectivity index (χ1) is 9.61. The van der Waals surface area contributed by atoms with Gasteiger partial charge in [-0.1, -0.05) is 6.92 Å². The summed E-state index contributed by atoms with van der Waals surface area (Å²) in [6.45, 7) is 4.58. The van der Waals surface area contributed by atoms with Gasteiger partial charge >= 0.3 is 5.97 Å². The number of carbonyl (C=O) groups is 2. The van der Waals surface area contributed by atoms with Gasteiger partial charge in [-0.25, -0.2) is 9.80 Å². The van der Waals surface area contributed by atoms with Crippen LogP contribution in [0.15, 0.2) is 11.4 Å². The Morgan fingerprint density at radius 1 is 1.50 bits per heavy atom. The molecular weight excluding hydrogens is 276 g/mol. The number of hydrogen-bond donors (Lipinski definition) is 1. The van der Waals surface area contributed by atoms with Gasteiger partial charge in [-0.3, -0.25) is 9.80 Å². The van der Waals surface area contributed by atoms with Crippen molar-refractivity contribution in [3.63, 3.8) is 0 Å². The Balaban J connectivity index is 1.84. The molecule has 0 unspecified atom stereocenters. The zero-order chi connectivity index (χ0) is 14.5. The molecule has 1 aliphatic heterocycles. The minimum absolute atomic E-state index is 0.204. The van der Waals surface area contributed by atoms with Gasteiger partial charge in [0.25, 0.3) is 0 Å². The summed E-state index contributed by atoms with van der Waals surface area (Å²) in [6.07, 6.45) is 3.26. The maximum atomic E-state index is 11.9. The van der Waals surface area contributed by atoms with Crippen molar-refractivity contribution in [2.45, 2.75) is 32.6 Å². The third-order valence-electron chi connectivity index (χ3n) is 3.50. The first-order valence-corrected chi connectivity index (χ1v) is 7.85. The molecule has 1 saturated heterocycles. The van der Waals surface area contributed by atoms with Gasteiger partial charge in [0.2, 0.25) is 5.91 Å². The molecule has 1 aliphatic rings. The van der Waals surface area contributed by atoms with E-state index < -0.39 is 5.97 Å². The summed E-state index contributed by atoms with van der Waals surface area (Å²) >= 11 is 1.47. The summed E-state index contributed by atoms with van der Waals surface area (Å²) in [6, 6.07) is 1.72. The Morgan fingerprint density at radius 3 is 2.95 bits per heavy atom. The fourth-order valence-corrected chi connectivity index (χ4v) is 3.35. The number of aryl methyl sites for hydroxylation is 1. The molecule has 6 heteroatoms. The molecule has 0 bridgehead atoms. The third-order valence-corrected chi connectivity index (χ3v) is 4.49. The monoisotopic (exact) mass is 296 g/mol. The molecular formula is C14H20N2O3S. The van der Waals surface area contributed by atoms with E-state index in [9.17, 15) is 9.59 Å². The number of hydrazine groups is 1. The topological polar surface area (TPSA) is 60.9 Å². The van der Waals surface area contributed by atoms with Crippen molar-refractivity contribution in [1.29, 1.82) is 0 Å². The smallest absolute Gasteiger partial charge is 0.336 e. The lowest BCUT2D eigenvalue weighted by Crippen LogP contribution is -2.50. The Hall–Kier alpha value is -1.40. The fourth-order valence-electron chi connectivity index (χ4n) is 2.44. The number of carboxylic acid groups (broad SMARTS) is 1. The van der Waals surface area contributed by atoms with Crippen molar-refractivity contribution < 1.29 is 14.7 Å². The highest BCUT2D eigenvalue weighted by molar-refractivity contribution is 7.10. The van der Waals surface area contributed by atoms with Gasteiger partial charge in [-0.15, -0.1) is 11.3 Å². The number of carbonyl (C=O) groups excluding carboxylic acids is 1. The van der Waals surface area contributed by atoms with Crippen LogP contribution in [0, 0.1) is 0 Å². The molecule has 0 aliphatic carbocycles. The number of hydrogen-bond acceptors (Lipinski definition) is 4. The summed E-state index contributed by atoms with van der Waals surface area (Å²) < 4.78 is 0. The average Bonchev–Trinajstić information content (AvgIpc) is 2.89. The van der Waals surface area contributed by atoms with E-state index in [2.05, 4.69) is 11.9 Å². The van der Waals surface area contributed by atoms with Crippen LogP contribution in [0.25, 0.3) is 0 Å². The van der Waals surface area contributed by atoms with Crippen molar-refractivity contribution in [2.75, 3.05) is 19.6 Å². The predicted molar refractivity (Wildman–Crippen MR) is 77.8 cm³/mol. The molecule has 1 fully saturated rings. The lowest BCUT2D eigenvalue weighted by molar-refractivity contribution is -0.155. The summed E-state index contributed by atoms with van der Waals surface area (Å²) in [5, 5.41) is 14.5. The van der Waals surface area contributed by atoms with Crippen molar-refractivity contribution in [3.05, 3.63) is 21.9 Å². The van der Waals surface area contributed by atoms with E-state index in [1.165, 1.54) is 11.3 Å². The SMILES string of the molecule is CCN1CCCC(=O)N1CCCc1cc(C(=O)O)cs1. The van der Waals surface area contributed by atoms with E-state index in [1.807, 2.05) is 5.01 Å². The molecule has 1 N–H and O–H groups in total. The molecule has 20 heavy (non-hydrogen) atoms. The number of thiophene rings is 1. The average molecular weight is 296 g/mol. The van der Waals surface area contributed by atoms with Crippen molar-refractivity contribution >= 4 is 23.2 Å². The molecule has 0 radical (unpaired) electrons. The maximum Gasteiger partial charge on any atom is 0.336 e. The Labute approximate surface area is 122 Å². The van der Waals surface area contributed by atoms with E-state index in [4.69, 9.17) is 5.11 Å². The number of aromatic carboxylic acids is 1. The highest BCUT2D eigenvalue weighted by atomic mass is 32.1. The molecule has 1 aromatic rings. The minimum Gasteiger partial charge on any atom is -0.478 e.